The number of likely N-dealkylation sites (N-methyl/N-ethyl adjacent to an activating group) is 1. The third kappa shape index (κ3) is 7.14. The Balaban J connectivity index is 2.30. The van der Waals surface area contributed by atoms with Gasteiger partial charge in [0.1, 0.15) is 12.1 Å². The first kappa shape index (κ1) is 23.4. The highest BCUT2D eigenvalue weighted by Gasteiger charge is 2.33. The molecule has 0 aromatic heterocycles. The van der Waals surface area contributed by atoms with E-state index in [4.69, 9.17) is 4.74 Å². The minimum atomic E-state index is -0.667. The molecule has 0 saturated carbocycles. The standard InChI is InChI=1S/C24H37NO4/c1-17-10-11-18(2)15-21(12-13-26)29-24(28)22(16-20-8-6-5-7-9-20)25(4)23(27)19(3)14-17/h5-9,17-19,21-22,26H,10-16H2,1-4H3/t17-,18?,19-,21-,22-/m0/s1. The van der Waals surface area contributed by atoms with Crippen molar-refractivity contribution in [1.82, 2.24) is 4.90 Å². The quantitative estimate of drug-likeness (QED) is 0.776. The number of carbonyl (C=O) groups is 2. The summed E-state index contributed by atoms with van der Waals surface area (Å²) >= 11 is 0. The molecule has 1 aliphatic rings. The molecule has 1 aromatic carbocycles. The zero-order chi connectivity index (χ0) is 21.4. The van der Waals surface area contributed by atoms with Crippen LogP contribution >= 0.6 is 0 Å². The number of esters is 1. The molecule has 29 heavy (non-hydrogen) atoms. The summed E-state index contributed by atoms with van der Waals surface area (Å²) in [5.74, 6) is 0.325. The molecule has 1 aromatic rings. The van der Waals surface area contributed by atoms with Crippen molar-refractivity contribution in [3.8, 4) is 0 Å². The summed E-state index contributed by atoms with van der Waals surface area (Å²) in [7, 11) is 1.71. The first-order valence-corrected chi connectivity index (χ1v) is 10.9. The molecule has 0 aliphatic carbocycles. The average molecular weight is 404 g/mol. The third-order valence-electron chi connectivity index (χ3n) is 6.09. The van der Waals surface area contributed by atoms with Gasteiger partial charge in [-0.15, -0.1) is 0 Å². The van der Waals surface area contributed by atoms with Gasteiger partial charge in [-0.1, -0.05) is 63.9 Å². The van der Waals surface area contributed by atoms with Crippen LogP contribution in [0.2, 0.25) is 0 Å². The topological polar surface area (TPSA) is 66.8 Å². The Hall–Kier alpha value is -1.88. The van der Waals surface area contributed by atoms with E-state index in [1.807, 2.05) is 37.3 Å². The monoisotopic (exact) mass is 403 g/mol. The molecular weight excluding hydrogens is 366 g/mol. The number of ether oxygens (including phenoxy) is 1. The Kier molecular flexibility index (Phi) is 9.15. The van der Waals surface area contributed by atoms with E-state index in [0.717, 1.165) is 31.2 Å². The number of rotatable bonds is 4. The van der Waals surface area contributed by atoms with Crippen molar-refractivity contribution in [2.45, 2.75) is 71.4 Å². The summed E-state index contributed by atoms with van der Waals surface area (Å²) in [5, 5.41) is 9.44. The van der Waals surface area contributed by atoms with E-state index in [9.17, 15) is 14.7 Å². The highest BCUT2D eigenvalue weighted by molar-refractivity contribution is 5.85. The Bertz CT molecular complexity index is 648. The predicted octanol–water partition coefficient (Wildman–Crippen LogP) is 3.83. The number of nitrogens with zero attached hydrogens (tertiary/aromatic N) is 1. The van der Waals surface area contributed by atoms with Gasteiger partial charge in [-0.2, -0.15) is 0 Å². The second-order valence-corrected chi connectivity index (χ2v) is 8.89. The Labute approximate surface area is 175 Å². The molecule has 1 fully saturated rings. The first-order chi connectivity index (χ1) is 13.8. The number of carbonyl (C=O) groups excluding carboxylic acids is 2. The molecule has 162 valence electrons. The van der Waals surface area contributed by atoms with Crippen LogP contribution in [0.25, 0.3) is 0 Å². The molecule has 1 heterocycles. The molecule has 1 saturated heterocycles. The molecule has 5 atom stereocenters. The van der Waals surface area contributed by atoms with E-state index in [0.29, 0.717) is 24.7 Å². The van der Waals surface area contributed by atoms with E-state index in [1.165, 1.54) is 0 Å². The van der Waals surface area contributed by atoms with E-state index in [2.05, 4.69) is 13.8 Å². The van der Waals surface area contributed by atoms with Crippen molar-refractivity contribution >= 4 is 11.9 Å². The van der Waals surface area contributed by atoms with Crippen LogP contribution < -0.4 is 0 Å². The van der Waals surface area contributed by atoms with Crippen LogP contribution in [0.3, 0.4) is 0 Å². The van der Waals surface area contributed by atoms with Crippen molar-refractivity contribution in [1.29, 1.82) is 0 Å². The largest absolute Gasteiger partial charge is 0.461 e. The third-order valence-corrected chi connectivity index (χ3v) is 6.09. The summed E-state index contributed by atoms with van der Waals surface area (Å²) in [4.78, 5) is 27.8. The zero-order valence-corrected chi connectivity index (χ0v) is 18.3. The maximum Gasteiger partial charge on any atom is 0.329 e. The van der Waals surface area contributed by atoms with Gasteiger partial charge in [0.05, 0.1) is 0 Å². The highest BCUT2D eigenvalue weighted by atomic mass is 16.5. The lowest BCUT2D eigenvalue weighted by Gasteiger charge is -2.31. The summed E-state index contributed by atoms with van der Waals surface area (Å²) in [6, 6.07) is 9.06. The average Bonchev–Trinajstić information content (AvgIpc) is 2.69. The second-order valence-electron chi connectivity index (χ2n) is 8.89. The molecular formula is C24H37NO4. The van der Waals surface area contributed by atoms with Gasteiger partial charge in [-0.3, -0.25) is 4.79 Å². The van der Waals surface area contributed by atoms with Crippen molar-refractivity contribution < 1.29 is 19.4 Å². The maximum absolute atomic E-state index is 13.1. The van der Waals surface area contributed by atoms with Crippen LogP contribution in [0.15, 0.2) is 30.3 Å². The van der Waals surface area contributed by atoms with Crippen molar-refractivity contribution in [2.75, 3.05) is 13.7 Å². The lowest BCUT2D eigenvalue weighted by atomic mass is 9.88. The second kappa shape index (κ2) is 11.3. The minimum absolute atomic E-state index is 0.0132. The molecule has 2 rings (SSSR count). The van der Waals surface area contributed by atoms with Gasteiger partial charge in [0.25, 0.3) is 0 Å². The molecule has 0 spiro atoms. The molecule has 1 unspecified atom stereocenters. The van der Waals surface area contributed by atoms with Crippen LogP contribution in [-0.2, 0) is 20.7 Å². The molecule has 1 amide bonds. The smallest absolute Gasteiger partial charge is 0.329 e. The van der Waals surface area contributed by atoms with E-state index in [-0.39, 0.29) is 30.5 Å². The lowest BCUT2D eigenvalue weighted by molar-refractivity contribution is -0.161. The van der Waals surface area contributed by atoms with Gasteiger partial charge in [0.2, 0.25) is 5.91 Å². The SMILES string of the molecule is CC1CC[C@H](C)C[C@H](C)C(=O)N(C)[C@@H](Cc2ccccc2)C(=O)O[C@@H](CCO)C1. The van der Waals surface area contributed by atoms with Gasteiger partial charge in [0.15, 0.2) is 0 Å². The van der Waals surface area contributed by atoms with Crippen LogP contribution in [0, 0.1) is 17.8 Å². The number of amides is 1. The Morgan fingerprint density at radius 1 is 1.03 bits per heavy atom. The molecule has 1 aliphatic heterocycles. The number of cyclic esters (lactones) is 1. The molecule has 5 heteroatoms. The lowest BCUT2D eigenvalue weighted by Crippen LogP contribution is -2.47. The van der Waals surface area contributed by atoms with Gasteiger partial charge in [-0.25, -0.2) is 4.79 Å². The number of aliphatic hydroxyl groups is 1. The summed E-state index contributed by atoms with van der Waals surface area (Å²) in [6.45, 7) is 6.31. The van der Waals surface area contributed by atoms with Crippen molar-refractivity contribution in [2.24, 2.45) is 17.8 Å². The van der Waals surface area contributed by atoms with Gasteiger partial charge >= 0.3 is 5.97 Å². The summed E-state index contributed by atoms with van der Waals surface area (Å²) < 4.78 is 5.85. The van der Waals surface area contributed by atoms with Crippen LogP contribution in [0.5, 0.6) is 0 Å². The zero-order valence-electron chi connectivity index (χ0n) is 18.3. The van der Waals surface area contributed by atoms with Crippen LogP contribution in [-0.4, -0.2) is 47.7 Å². The summed E-state index contributed by atoms with van der Waals surface area (Å²) in [6.07, 6.45) is 4.18. The number of aliphatic hydroxyl groups excluding tert-OH is 1. The molecule has 0 bridgehead atoms. The fraction of sp³-hybridized carbons (Fsp3) is 0.667. The first-order valence-electron chi connectivity index (χ1n) is 10.9. The fourth-order valence-corrected chi connectivity index (χ4v) is 4.29. The Morgan fingerprint density at radius 3 is 2.28 bits per heavy atom. The van der Waals surface area contributed by atoms with Gasteiger partial charge in [-0.05, 0) is 30.2 Å². The van der Waals surface area contributed by atoms with Gasteiger partial charge < -0.3 is 14.7 Å². The summed E-state index contributed by atoms with van der Waals surface area (Å²) in [5.41, 5.74) is 0.992. The number of hydrogen-bond donors (Lipinski definition) is 1. The Morgan fingerprint density at radius 2 is 1.66 bits per heavy atom. The van der Waals surface area contributed by atoms with Crippen molar-refractivity contribution in [3.63, 3.8) is 0 Å². The predicted molar refractivity (Wildman–Crippen MR) is 114 cm³/mol. The molecule has 5 nitrogen and oxygen atoms in total. The van der Waals surface area contributed by atoms with Crippen molar-refractivity contribution in [3.05, 3.63) is 35.9 Å². The maximum atomic E-state index is 13.1. The minimum Gasteiger partial charge on any atom is -0.461 e. The molecule has 1 N–H and O–H groups in total. The van der Waals surface area contributed by atoms with Gasteiger partial charge in [0, 0.05) is 32.4 Å². The molecule has 0 radical (unpaired) electrons. The highest BCUT2D eigenvalue weighted by Crippen LogP contribution is 2.26. The number of benzene rings is 1. The van der Waals surface area contributed by atoms with Crippen LogP contribution in [0.4, 0.5) is 0 Å². The normalized spacial score (nSPS) is 30.1. The van der Waals surface area contributed by atoms with E-state index < -0.39 is 6.04 Å². The van der Waals surface area contributed by atoms with E-state index in [1.54, 1.807) is 11.9 Å². The van der Waals surface area contributed by atoms with E-state index >= 15 is 0 Å². The van der Waals surface area contributed by atoms with Crippen LogP contribution in [0.1, 0.15) is 58.4 Å². The number of hydrogen-bond acceptors (Lipinski definition) is 4. The fourth-order valence-electron chi connectivity index (χ4n) is 4.29.